The molecular formula is C20H18F4N2O. The fourth-order valence-electron chi connectivity index (χ4n) is 3.03. The van der Waals surface area contributed by atoms with Gasteiger partial charge in [-0.2, -0.15) is 18.3 Å². The first-order valence-corrected chi connectivity index (χ1v) is 8.70. The lowest BCUT2D eigenvalue weighted by Gasteiger charge is -2.14. The van der Waals surface area contributed by atoms with Crippen molar-refractivity contribution < 1.29 is 17.6 Å². The molecule has 0 aliphatic rings. The van der Waals surface area contributed by atoms with Crippen LogP contribution in [-0.2, 0) is 12.7 Å². The fourth-order valence-corrected chi connectivity index (χ4v) is 3.03. The molecule has 0 bridgehead atoms. The molecule has 3 aromatic rings. The average Bonchev–Trinajstić information content (AvgIpc) is 2.63. The van der Waals surface area contributed by atoms with Crippen LogP contribution in [0.5, 0.6) is 0 Å². The number of aryl methyl sites for hydroxylation is 1. The van der Waals surface area contributed by atoms with E-state index in [0.29, 0.717) is 23.5 Å². The summed E-state index contributed by atoms with van der Waals surface area (Å²) in [5.74, 6) is -1.48. The number of nitrogens with zero attached hydrogens (tertiary/aromatic N) is 2. The van der Waals surface area contributed by atoms with Crippen LogP contribution in [0.2, 0.25) is 0 Å². The quantitative estimate of drug-likeness (QED) is 0.439. The number of hydrogen-bond donors (Lipinski definition) is 0. The molecule has 1 aromatic heterocycles. The van der Waals surface area contributed by atoms with E-state index in [1.807, 2.05) is 6.92 Å². The van der Waals surface area contributed by atoms with E-state index in [2.05, 4.69) is 5.10 Å². The molecule has 142 valence electrons. The molecule has 7 heteroatoms. The highest BCUT2D eigenvalue weighted by Gasteiger charge is 2.35. The van der Waals surface area contributed by atoms with Crippen molar-refractivity contribution in [2.24, 2.45) is 0 Å². The normalized spacial score (nSPS) is 11.9. The Morgan fingerprint density at radius 1 is 1.04 bits per heavy atom. The number of aromatic nitrogens is 2. The number of para-hydroxylation sites is 1. The maximum atomic E-state index is 14.6. The first-order chi connectivity index (χ1) is 12.8. The van der Waals surface area contributed by atoms with Crippen molar-refractivity contribution in [1.82, 2.24) is 9.78 Å². The van der Waals surface area contributed by atoms with Gasteiger partial charge in [-0.3, -0.25) is 9.48 Å². The van der Waals surface area contributed by atoms with Crippen LogP contribution in [0.15, 0.2) is 47.3 Å². The summed E-state index contributed by atoms with van der Waals surface area (Å²) in [5.41, 5.74) is -2.17. The predicted octanol–water partition coefficient (Wildman–Crippen LogP) is 5.41. The van der Waals surface area contributed by atoms with Crippen LogP contribution in [-0.4, -0.2) is 9.78 Å². The van der Waals surface area contributed by atoms with E-state index in [1.54, 1.807) is 28.9 Å². The molecule has 0 amide bonds. The molecule has 2 aromatic carbocycles. The molecule has 0 fully saturated rings. The zero-order chi connectivity index (χ0) is 19.6. The molecule has 27 heavy (non-hydrogen) atoms. The molecule has 0 radical (unpaired) electrons. The molecule has 3 rings (SSSR count). The Morgan fingerprint density at radius 2 is 1.78 bits per heavy atom. The van der Waals surface area contributed by atoms with E-state index in [1.165, 1.54) is 0 Å². The average molecular weight is 378 g/mol. The van der Waals surface area contributed by atoms with Crippen molar-refractivity contribution in [3.05, 3.63) is 64.1 Å². The molecule has 0 saturated carbocycles. The molecule has 0 aliphatic heterocycles. The van der Waals surface area contributed by atoms with Crippen LogP contribution >= 0.6 is 0 Å². The van der Waals surface area contributed by atoms with Crippen molar-refractivity contribution in [3.8, 4) is 11.3 Å². The summed E-state index contributed by atoms with van der Waals surface area (Å²) in [5, 5.41) is 4.52. The van der Waals surface area contributed by atoms with Crippen LogP contribution in [0.1, 0.15) is 31.7 Å². The Kier molecular flexibility index (Phi) is 5.30. The lowest BCUT2D eigenvalue weighted by atomic mass is 10.0. The Morgan fingerprint density at radius 3 is 2.48 bits per heavy atom. The lowest BCUT2D eigenvalue weighted by molar-refractivity contribution is -0.139. The van der Waals surface area contributed by atoms with E-state index in [-0.39, 0.29) is 5.69 Å². The van der Waals surface area contributed by atoms with Gasteiger partial charge in [0.1, 0.15) is 11.5 Å². The first kappa shape index (κ1) is 19.1. The molecule has 0 aliphatic carbocycles. The molecule has 3 nitrogen and oxygen atoms in total. The molecule has 0 N–H and O–H groups in total. The predicted molar refractivity (Wildman–Crippen MR) is 95.9 cm³/mol. The van der Waals surface area contributed by atoms with Gasteiger partial charge in [-0.1, -0.05) is 38.0 Å². The molecular weight excluding hydrogens is 360 g/mol. The Bertz CT molecular complexity index is 1020. The SMILES string of the molecule is CCCCCn1nc(-c2cccc(C(F)(F)F)c2F)c(=O)c2ccccc21. The summed E-state index contributed by atoms with van der Waals surface area (Å²) in [6.45, 7) is 2.53. The number of alkyl halides is 3. The smallest absolute Gasteiger partial charge is 0.287 e. The Labute approximate surface area is 153 Å². The molecule has 0 unspecified atom stereocenters. The van der Waals surface area contributed by atoms with Gasteiger partial charge in [0, 0.05) is 17.5 Å². The highest BCUT2D eigenvalue weighted by molar-refractivity contribution is 5.82. The van der Waals surface area contributed by atoms with E-state index < -0.39 is 28.5 Å². The van der Waals surface area contributed by atoms with Crippen molar-refractivity contribution >= 4 is 10.9 Å². The standard InChI is InChI=1S/C20H18F4N2O/c1-2-3-6-12-26-16-11-5-4-8-13(16)19(27)18(25-26)14-9-7-10-15(17(14)21)20(22,23)24/h4-5,7-11H,2-3,6,12H2,1H3. The first-order valence-electron chi connectivity index (χ1n) is 8.70. The second-order valence-electron chi connectivity index (χ2n) is 6.29. The van der Waals surface area contributed by atoms with Crippen molar-refractivity contribution in [2.45, 2.75) is 38.9 Å². The molecule has 1 heterocycles. The van der Waals surface area contributed by atoms with Gasteiger partial charge in [-0.05, 0) is 30.7 Å². The summed E-state index contributed by atoms with van der Waals surface area (Å²) >= 11 is 0. The number of hydrogen-bond acceptors (Lipinski definition) is 2. The van der Waals surface area contributed by atoms with Gasteiger partial charge in [0.05, 0.1) is 11.1 Å². The van der Waals surface area contributed by atoms with Gasteiger partial charge >= 0.3 is 6.18 Å². The zero-order valence-electron chi connectivity index (χ0n) is 14.7. The van der Waals surface area contributed by atoms with Crippen molar-refractivity contribution in [3.63, 3.8) is 0 Å². The summed E-state index contributed by atoms with van der Waals surface area (Å²) < 4.78 is 55.3. The third-order valence-electron chi connectivity index (χ3n) is 4.40. The summed E-state index contributed by atoms with van der Waals surface area (Å²) in [6, 6.07) is 9.60. The number of halogens is 4. The van der Waals surface area contributed by atoms with Crippen molar-refractivity contribution in [2.75, 3.05) is 0 Å². The highest BCUT2D eigenvalue weighted by Crippen LogP contribution is 2.34. The van der Waals surface area contributed by atoms with Gasteiger partial charge in [-0.25, -0.2) is 4.39 Å². The van der Waals surface area contributed by atoms with E-state index in [4.69, 9.17) is 0 Å². The van der Waals surface area contributed by atoms with Crippen LogP contribution in [0, 0.1) is 5.82 Å². The summed E-state index contributed by atoms with van der Waals surface area (Å²) in [4.78, 5) is 12.8. The van der Waals surface area contributed by atoms with Crippen molar-refractivity contribution in [1.29, 1.82) is 0 Å². The lowest BCUT2D eigenvalue weighted by Crippen LogP contribution is -2.18. The maximum Gasteiger partial charge on any atom is 0.419 e. The molecule has 0 atom stereocenters. The summed E-state index contributed by atoms with van der Waals surface area (Å²) in [6.07, 6.45) is -2.14. The topological polar surface area (TPSA) is 34.9 Å². The van der Waals surface area contributed by atoms with Crippen LogP contribution in [0.25, 0.3) is 22.2 Å². The number of rotatable bonds is 5. The van der Waals surface area contributed by atoms with Gasteiger partial charge in [0.25, 0.3) is 0 Å². The Balaban J connectivity index is 2.24. The van der Waals surface area contributed by atoms with Gasteiger partial charge in [-0.15, -0.1) is 0 Å². The Hall–Kier alpha value is -2.70. The summed E-state index contributed by atoms with van der Waals surface area (Å²) in [7, 11) is 0. The van der Waals surface area contributed by atoms with Crippen LogP contribution in [0.3, 0.4) is 0 Å². The van der Waals surface area contributed by atoms with Crippen LogP contribution < -0.4 is 5.43 Å². The number of benzene rings is 2. The number of fused-ring (bicyclic) bond motifs is 1. The third-order valence-corrected chi connectivity index (χ3v) is 4.40. The number of unbranched alkanes of at least 4 members (excludes halogenated alkanes) is 2. The molecule has 0 saturated heterocycles. The second kappa shape index (κ2) is 7.50. The third kappa shape index (κ3) is 3.72. The second-order valence-corrected chi connectivity index (χ2v) is 6.29. The van der Waals surface area contributed by atoms with Gasteiger partial charge in [0.15, 0.2) is 0 Å². The zero-order valence-corrected chi connectivity index (χ0v) is 14.7. The van der Waals surface area contributed by atoms with E-state index in [9.17, 15) is 22.4 Å². The van der Waals surface area contributed by atoms with Crippen LogP contribution in [0.4, 0.5) is 17.6 Å². The van der Waals surface area contributed by atoms with Gasteiger partial charge in [0.2, 0.25) is 5.43 Å². The van der Waals surface area contributed by atoms with E-state index >= 15 is 0 Å². The maximum absolute atomic E-state index is 14.6. The highest BCUT2D eigenvalue weighted by atomic mass is 19.4. The largest absolute Gasteiger partial charge is 0.419 e. The molecule has 0 spiro atoms. The van der Waals surface area contributed by atoms with E-state index in [0.717, 1.165) is 31.4 Å². The minimum absolute atomic E-state index is 0.302. The minimum atomic E-state index is -4.85. The monoisotopic (exact) mass is 378 g/mol. The van der Waals surface area contributed by atoms with Gasteiger partial charge < -0.3 is 0 Å². The fraction of sp³-hybridized carbons (Fsp3) is 0.300. The minimum Gasteiger partial charge on any atom is -0.287 e.